The summed E-state index contributed by atoms with van der Waals surface area (Å²) in [5.41, 5.74) is -1.13. The molecule has 102 valence electrons. The second-order valence-electron chi connectivity index (χ2n) is 3.58. The zero-order valence-corrected chi connectivity index (χ0v) is 9.01. The van der Waals surface area contributed by atoms with Crippen molar-refractivity contribution in [3.8, 4) is 5.75 Å². The quantitative estimate of drug-likeness (QED) is 0.732. The maximum atomic E-state index is 12.7. The number of hydrogen-bond donors (Lipinski definition) is 0. The molecule has 1 aromatic carbocycles. The summed E-state index contributed by atoms with van der Waals surface area (Å²) in [6.07, 6.45) is -8.71. The molecule has 0 saturated carbocycles. The van der Waals surface area contributed by atoms with E-state index in [1.54, 1.807) is 0 Å². The van der Waals surface area contributed by atoms with Crippen LogP contribution in [-0.4, -0.2) is 11.3 Å². The summed E-state index contributed by atoms with van der Waals surface area (Å²) in [6.45, 7) is 0. The van der Waals surface area contributed by atoms with E-state index >= 15 is 0 Å². The summed E-state index contributed by atoms with van der Waals surface area (Å²) < 4.78 is 77.7. The first kappa shape index (κ1) is 13.4. The summed E-state index contributed by atoms with van der Waals surface area (Å²) in [7, 11) is 0. The van der Waals surface area contributed by atoms with Gasteiger partial charge in [0.2, 0.25) is 0 Å². The maximum Gasteiger partial charge on any atom is 0.573 e. The van der Waals surface area contributed by atoms with Gasteiger partial charge in [-0.3, -0.25) is 4.98 Å². The molecule has 0 aliphatic carbocycles. The van der Waals surface area contributed by atoms with Crippen molar-refractivity contribution in [3.05, 3.63) is 36.0 Å². The van der Waals surface area contributed by atoms with Crippen molar-refractivity contribution >= 4 is 10.9 Å². The van der Waals surface area contributed by atoms with Gasteiger partial charge in [-0.05, 0) is 24.3 Å². The van der Waals surface area contributed by atoms with Gasteiger partial charge in [0, 0.05) is 11.6 Å². The largest absolute Gasteiger partial charge is 0.573 e. The van der Waals surface area contributed by atoms with Crippen LogP contribution in [0.25, 0.3) is 10.9 Å². The molecule has 0 unspecified atom stereocenters. The van der Waals surface area contributed by atoms with Crippen LogP contribution in [-0.2, 0) is 6.18 Å². The van der Waals surface area contributed by atoms with E-state index in [2.05, 4.69) is 9.72 Å². The van der Waals surface area contributed by atoms with Gasteiger partial charge in [-0.15, -0.1) is 13.2 Å². The topological polar surface area (TPSA) is 22.1 Å². The van der Waals surface area contributed by atoms with Gasteiger partial charge in [0.1, 0.15) is 5.75 Å². The van der Waals surface area contributed by atoms with Crippen LogP contribution in [0, 0.1) is 0 Å². The Morgan fingerprint density at radius 2 is 1.63 bits per heavy atom. The monoisotopic (exact) mass is 281 g/mol. The Kier molecular flexibility index (Phi) is 3.03. The molecule has 8 heteroatoms. The molecule has 19 heavy (non-hydrogen) atoms. The molecule has 1 heterocycles. The van der Waals surface area contributed by atoms with Gasteiger partial charge in [-0.25, -0.2) is 0 Å². The minimum absolute atomic E-state index is 0.0654. The van der Waals surface area contributed by atoms with E-state index in [1.807, 2.05) is 0 Å². The van der Waals surface area contributed by atoms with E-state index in [9.17, 15) is 26.3 Å². The number of alkyl halides is 6. The van der Waals surface area contributed by atoms with Gasteiger partial charge in [0.05, 0.1) is 11.1 Å². The zero-order chi connectivity index (χ0) is 14.3. The van der Waals surface area contributed by atoms with E-state index in [0.29, 0.717) is 12.1 Å². The van der Waals surface area contributed by atoms with Gasteiger partial charge in [-0.2, -0.15) is 13.2 Å². The number of pyridine rings is 1. The van der Waals surface area contributed by atoms with Crippen LogP contribution >= 0.6 is 0 Å². The molecule has 1 aromatic heterocycles. The number of ether oxygens (including phenoxy) is 1. The Morgan fingerprint density at radius 1 is 0.947 bits per heavy atom. The van der Waals surface area contributed by atoms with Crippen LogP contribution < -0.4 is 4.74 Å². The van der Waals surface area contributed by atoms with E-state index < -0.39 is 29.2 Å². The summed E-state index contributed by atoms with van der Waals surface area (Å²) >= 11 is 0. The van der Waals surface area contributed by atoms with Crippen molar-refractivity contribution in [2.24, 2.45) is 0 Å². The lowest BCUT2D eigenvalue weighted by molar-refractivity contribution is -0.274. The second kappa shape index (κ2) is 4.29. The van der Waals surface area contributed by atoms with E-state index in [-0.39, 0.29) is 5.52 Å². The molecule has 0 fully saturated rings. The molecule has 0 atom stereocenters. The summed E-state index contributed by atoms with van der Waals surface area (Å²) in [5, 5.41) is -0.447. The van der Waals surface area contributed by atoms with Crippen LogP contribution in [0.15, 0.2) is 30.5 Å². The smallest absolute Gasteiger partial charge is 0.406 e. The molecular weight excluding hydrogens is 276 g/mol. The fraction of sp³-hybridized carbons (Fsp3) is 0.182. The molecule has 2 aromatic rings. The molecule has 0 aliphatic rings. The molecule has 0 saturated heterocycles. The Hall–Kier alpha value is -1.99. The number of fused-ring (bicyclic) bond motifs is 1. The molecule has 0 N–H and O–H groups in total. The minimum Gasteiger partial charge on any atom is -0.406 e. The van der Waals surface area contributed by atoms with Crippen LogP contribution in [0.5, 0.6) is 5.75 Å². The highest BCUT2D eigenvalue weighted by Gasteiger charge is 2.34. The van der Waals surface area contributed by atoms with Crippen LogP contribution in [0.1, 0.15) is 5.56 Å². The highest BCUT2D eigenvalue weighted by Crippen LogP contribution is 2.36. The van der Waals surface area contributed by atoms with Gasteiger partial charge < -0.3 is 4.74 Å². The Morgan fingerprint density at radius 3 is 2.21 bits per heavy atom. The molecular formula is C11H5F6NO. The van der Waals surface area contributed by atoms with Crippen LogP contribution in [0.4, 0.5) is 26.3 Å². The highest BCUT2D eigenvalue weighted by atomic mass is 19.4. The van der Waals surface area contributed by atoms with Gasteiger partial charge in [0.15, 0.2) is 0 Å². The SMILES string of the molecule is FC(F)(F)Oc1ccc2nccc(C(F)(F)F)c2c1. The predicted molar refractivity (Wildman–Crippen MR) is 53.4 cm³/mol. The third-order valence-corrected chi connectivity index (χ3v) is 2.25. The molecule has 0 radical (unpaired) electrons. The number of nitrogens with zero attached hydrogens (tertiary/aromatic N) is 1. The first-order valence-electron chi connectivity index (χ1n) is 4.88. The van der Waals surface area contributed by atoms with Crippen molar-refractivity contribution in [2.75, 3.05) is 0 Å². The minimum atomic E-state index is -4.96. The first-order chi connectivity index (χ1) is 8.67. The Labute approximate surface area is 102 Å². The van der Waals surface area contributed by atoms with Gasteiger partial charge in [0.25, 0.3) is 0 Å². The van der Waals surface area contributed by atoms with E-state index in [4.69, 9.17) is 0 Å². The number of aromatic nitrogens is 1. The van der Waals surface area contributed by atoms with E-state index in [1.165, 1.54) is 0 Å². The zero-order valence-electron chi connectivity index (χ0n) is 9.01. The van der Waals surface area contributed by atoms with Crippen LogP contribution in [0.3, 0.4) is 0 Å². The molecule has 0 aliphatic heterocycles. The normalized spacial score (nSPS) is 12.7. The number of benzene rings is 1. The van der Waals surface area contributed by atoms with Crippen molar-refractivity contribution in [3.63, 3.8) is 0 Å². The third kappa shape index (κ3) is 3.07. The lowest BCUT2D eigenvalue weighted by atomic mass is 10.1. The number of rotatable bonds is 1. The highest BCUT2D eigenvalue weighted by molar-refractivity contribution is 5.83. The summed E-state index contributed by atoms with van der Waals surface area (Å²) in [4.78, 5) is 3.66. The molecule has 0 amide bonds. The fourth-order valence-corrected chi connectivity index (χ4v) is 1.57. The molecule has 2 nitrogen and oxygen atoms in total. The van der Waals surface area contributed by atoms with Gasteiger partial charge >= 0.3 is 12.5 Å². The lowest BCUT2D eigenvalue weighted by Gasteiger charge is -2.12. The average molecular weight is 281 g/mol. The standard InChI is InChI=1S/C11H5F6NO/c12-10(13,14)8-3-4-18-9-2-1-6(5-7(8)9)19-11(15,16)17/h1-5H. The Balaban J connectivity index is 2.57. The second-order valence-corrected chi connectivity index (χ2v) is 3.58. The van der Waals surface area contributed by atoms with Crippen molar-refractivity contribution in [2.45, 2.75) is 12.5 Å². The van der Waals surface area contributed by atoms with Crippen molar-refractivity contribution < 1.29 is 31.1 Å². The molecule has 0 bridgehead atoms. The van der Waals surface area contributed by atoms with Crippen LogP contribution in [0.2, 0.25) is 0 Å². The Bertz CT molecular complexity index is 604. The van der Waals surface area contributed by atoms with Crippen molar-refractivity contribution in [1.29, 1.82) is 0 Å². The molecule has 0 spiro atoms. The lowest BCUT2D eigenvalue weighted by Crippen LogP contribution is -2.17. The maximum absolute atomic E-state index is 12.7. The first-order valence-corrected chi connectivity index (χ1v) is 4.88. The third-order valence-electron chi connectivity index (χ3n) is 2.25. The van der Waals surface area contributed by atoms with E-state index in [0.717, 1.165) is 18.3 Å². The molecule has 2 rings (SSSR count). The number of halogens is 6. The predicted octanol–water partition coefficient (Wildman–Crippen LogP) is 4.15. The average Bonchev–Trinajstić information content (AvgIpc) is 2.24. The number of hydrogen-bond acceptors (Lipinski definition) is 2. The summed E-state index contributed by atoms with van der Waals surface area (Å²) in [6, 6.07) is 3.30. The van der Waals surface area contributed by atoms with Gasteiger partial charge in [-0.1, -0.05) is 0 Å². The van der Waals surface area contributed by atoms with Crippen molar-refractivity contribution in [1.82, 2.24) is 4.98 Å². The fourth-order valence-electron chi connectivity index (χ4n) is 1.57. The summed E-state index contributed by atoms with van der Waals surface area (Å²) in [5.74, 6) is -0.724.